The third-order valence-corrected chi connectivity index (χ3v) is 5.08. The number of rotatable bonds is 3. The van der Waals surface area contributed by atoms with Gasteiger partial charge in [0.05, 0.1) is 0 Å². The molecule has 0 spiro atoms. The summed E-state index contributed by atoms with van der Waals surface area (Å²) in [4.78, 5) is 12.0. The van der Waals surface area contributed by atoms with Gasteiger partial charge in [0.15, 0.2) is 0 Å². The van der Waals surface area contributed by atoms with Gasteiger partial charge in [-0.3, -0.25) is 4.79 Å². The number of nitrogens with zero attached hydrogens (tertiary/aromatic N) is 2. The molecule has 2 aliphatic rings. The lowest BCUT2D eigenvalue weighted by Crippen LogP contribution is -2.42. The SMILES string of the molecule is Cc1nnc(C(=O)NC[C@]23CCC[C@H]2NCC3)s1. The Labute approximate surface area is 110 Å². The van der Waals surface area contributed by atoms with E-state index in [4.69, 9.17) is 0 Å². The molecule has 18 heavy (non-hydrogen) atoms. The Morgan fingerprint density at radius 1 is 1.56 bits per heavy atom. The summed E-state index contributed by atoms with van der Waals surface area (Å²) in [5, 5.41) is 15.7. The molecule has 1 saturated heterocycles. The monoisotopic (exact) mass is 266 g/mol. The van der Waals surface area contributed by atoms with E-state index in [1.165, 1.54) is 37.0 Å². The van der Waals surface area contributed by atoms with Gasteiger partial charge in [0.2, 0.25) is 5.01 Å². The molecule has 2 fully saturated rings. The molecule has 6 heteroatoms. The minimum absolute atomic E-state index is 0.0764. The molecule has 1 amide bonds. The van der Waals surface area contributed by atoms with Crippen LogP contribution in [0.1, 0.15) is 40.5 Å². The average Bonchev–Trinajstić information content (AvgIpc) is 3.00. The zero-order chi connectivity index (χ0) is 12.6. The van der Waals surface area contributed by atoms with Crippen LogP contribution in [0.5, 0.6) is 0 Å². The maximum absolute atomic E-state index is 12.0. The minimum atomic E-state index is -0.0764. The van der Waals surface area contributed by atoms with E-state index < -0.39 is 0 Å². The second-order valence-corrected chi connectivity index (χ2v) is 6.50. The van der Waals surface area contributed by atoms with E-state index in [0.717, 1.165) is 18.1 Å². The van der Waals surface area contributed by atoms with Crippen molar-refractivity contribution in [1.29, 1.82) is 0 Å². The number of fused-ring (bicyclic) bond motifs is 1. The lowest BCUT2D eigenvalue weighted by molar-refractivity contribution is 0.0928. The molecule has 1 aromatic rings. The van der Waals surface area contributed by atoms with Gasteiger partial charge in [-0.25, -0.2) is 0 Å². The number of amides is 1. The summed E-state index contributed by atoms with van der Waals surface area (Å²) >= 11 is 1.35. The van der Waals surface area contributed by atoms with Crippen molar-refractivity contribution < 1.29 is 4.79 Å². The van der Waals surface area contributed by atoms with Crippen LogP contribution in [0.25, 0.3) is 0 Å². The van der Waals surface area contributed by atoms with Crippen LogP contribution in [-0.4, -0.2) is 35.2 Å². The molecule has 1 saturated carbocycles. The topological polar surface area (TPSA) is 66.9 Å². The fraction of sp³-hybridized carbons (Fsp3) is 0.750. The molecule has 2 atom stereocenters. The van der Waals surface area contributed by atoms with Crippen LogP contribution in [0.2, 0.25) is 0 Å². The molecule has 1 aliphatic carbocycles. The van der Waals surface area contributed by atoms with Gasteiger partial charge in [0.1, 0.15) is 5.01 Å². The summed E-state index contributed by atoms with van der Waals surface area (Å²) in [6.45, 7) is 3.71. The predicted octanol–water partition coefficient (Wildman–Crippen LogP) is 1.11. The first-order chi connectivity index (χ1) is 8.70. The van der Waals surface area contributed by atoms with Crippen molar-refractivity contribution in [2.45, 2.75) is 38.6 Å². The Kier molecular flexibility index (Phi) is 3.07. The summed E-state index contributed by atoms with van der Waals surface area (Å²) < 4.78 is 0. The first-order valence-electron chi connectivity index (χ1n) is 6.51. The van der Waals surface area contributed by atoms with Crippen LogP contribution in [0, 0.1) is 12.3 Å². The normalized spacial score (nSPS) is 30.4. The molecule has 1 aliphatic heterocycles. The zero-order valence-electron chi connectivity index (χ0n) is 10.5. The largest absolute Gasteiger partial charge is 0.349 e. The number of carbonyl (C=O) groups excluding carboxylic acids is 1. The molecule has 0 aromatic carbocycles. The Hall–Kier alpha value is -1.01. The smallest absolute Gasteiger partial charge is 0.282 e. The third kappa shape index (κ3) is 2.03. The van der Waals surface area contributed by atoms with E-state index in [-0.39, 0.29) is 11.3 Å². The highest BCUT2D eigenvalue weighted by Crippen LogP contribution is 2.43. The summed E-state index contributed by atoms with van der Waals surface area (Å²) in [7, 11) is 0. The number of aryl methyl sites for hydroxylation is 1. The van der Waals surface area contributed by atoms with E-state index in [0.29, 0.717) is 11.0 Å². The maximum Gasteiger partial charge on any atom is 0.282 e. The van der Waals surface area contributed by atoms with E-state index in [9.17, 15) is 4.79 Å². The number of aromatic nitrogens is 2. The van der Waals surface area contributed by atoms with Gasteiger partial charge in [-0.2, -0.15) is 0 Å². The summed E-state index contributed by atoms with van der Waals surface area (Å²) in [6, 6.07) is 0.592. The number of hydrogen-bond acceptors (Lipinski definition) is 5. The van der Waals surface area contributed by atoms with Crippen LogP contribution < -0.4 is 10.6 Å². The predicted molar refractivity (Wildman–Crippen MR) is 69.7 cm³/mol. The van der Waals surface area contributed by atoms with Crippen LogP contribution in [0.4, 0.5) is 0 Å². The summed E-state index contributed by atoms with van der Waals surface area (Å²) in [6.07, 6.45) is 4.91. The Balaban J connectivity index is 1.62. The molecular weight excluding hydrogens is 248 g/mol. The van der Waals surface area contributed by atoms with Gasteiger partial charge in [0, 0.05) is 18.0 Å². The molecule has 3 rings (SSSR count). The number of hydrogen-bond donors (Lipinski definition) is 2. The summed E-state index contributed by atoms with van der Waals surface area (Å²) in [5.41, 5.74) is 0.287. The Morgan fingerprint density at radius 2 is 2.44 bits per heavy atom. The van der Waals surface area contributed by atoms with Gasteiger partial charge < -0.3 is 10.6 Å². The average molecular weight is 266 g/mol. The molecule has 1 aromatic heterocycles. The highest BCUT2D eigenvalue weighted by atomic mass is 32.1. The van der Waals surface area contributed by atoms with Gasteiger partial charge in [0.25, 0.3) is 5.91 Å². The third-order valence-electron chi connectivity index (χ3n) is 4.24. The van der Waals surface area contributed by atoms with E-state index in [1.807, 2.05) is 6.92 Å². The van der Waals surface area contributed by atoms with Crippen LogP contribution in [0.15, 0.2) is 0 Å². The lowest BCUT2D eigenvalue weighted by Gasteiger charge is -2.28. The summed E-state index contributed by atoms with van der Waals surface area (Å²) in [5.74, 6) is -0.0764. The maximum atomic E-state index is 12.0. The Bertz CT molecular complexity index is 449. The second-order valence-electron chi connectivity index (χ2n) is 5.32. The molecule has 0 radical (unpaired) electrons. The van der Waals surface area contributed by atoms with Crippen molar-refractivity contribution in [3.8, 4) is 0 Å². The minimum Gasteiger partial charge on any atom is -0.349 e. The molecule has 0 bridgehead atoms. The quantitative estimate of drug-likeness (QED) is 0.860. The van der Waals surface area contributed by atoms with Crippen molar-refractivity contribution in [2.24, 2.45) is 5.41 Å². The number of nitrogens with one attached hydrogen (secondary N) is 2. The Morgan fingerprint density at radius 3 is 3.22 bits per heavy atom. The fourth-order valence-electron chi connectivity index (χ4n) is 3.27. The van der Waals surface area contributed by atoms with Crippen molar-refractivity contribution in [3.63, 3.8) is 0 Å². The van der Waals surface area contributed by atoms with Crippen LogP contribution in [0.3, 0.4) is 0 Å². The first kappa shape index (κ1) is 12.0. The van der Waals surface area contributed by atoms with Crippen molar-refractivity contribution in [1.82, 2.24) is 20.8 Å². The van der Waals surface area contributed by atoms with Gasteiger partial charge in [-0.05, 0) is 32.7 Å². The van der Waals surface area contributed by atoms with Crippen LogP contribution in [-0.2, 0) is 0 Å². The van der Waals surface area contributed by atoms with E-state index in [2.05, 4.69) is 20.8 Å². The standard InChI is InChI=1S/C12H18N4OS/c1-8-15-16-11(18-8)10(17)14-7-12-4-2-3-9(12)13-6-5-12/h9,13H,2-7H2,1H3,(H,14,17)/t9-,12-/m1/s1. The van der Waals surface area contributed by atoms with Gasteiger partial charge in [-0.1, -0.05) is 17.8 Å². The molecular formula is C12H18N4OS. The fourth-order valence-corrected chi connectivity index (χ4v) is 3.88. The lowest BCUT2D eigenvalue weighted by atomic mass is 9.82. The zero-order valence-corrected chi connectivity index (χ0v) is 11.3. The van der Waals surface area contributed by atoms with Gasteiger partial charge >= 0.3 is 0 Å². The van der Waals surface area contributed by atoms with E-state index >= 15 is 0 Å². The van der Waals surface area contributed by atoms with Crippen molar-refractivity contribution >= 4 is 17.2 Å². The number of carbonyl (C=O) groups is 1. The molecule has 0 unspecified atom stereocenters. The molecule has 5 nitrogen and oxygen atoms in total. The molecule has 2 heterocycles. The van der Waals surface area contributed by atoms with Crippen molar-refractivity contribution in [2.75, 3.05) is 13.1 Å². The van der Waals surface area contributed by atoms with Crippen LogP contribution >= 0.6 is 11.3 Å². The van der Waals surface area contributed by atoms with Crippen molar-refractivity contribution in [3.05, 3.63) is 10.0 Å². The molecule has 2 N–H and O–H groups in total. The molecule has 98 valence electrons. The highest BCUT2D eigenvalue weighted by Gasteiger charge is 2.46. The van der Waals surface area contributed by atoms with E-state index in [1.54, 1.807) is 0 Å². The van der Waals surface area contributed by atoms with Gasteiger partial charge in [-0.15, -0.1) is 10.2 Å². The second kappa shape index (κ2) is 4.59. The first-order valence-corrected chi connectivity index (χ1v) is 7.33. The highest BCUT2D eigenvalue weighted by molar-refractivity contribution is 7.13.